The van der Waals surface area contributed by atoms with Gasteiger partial charge in [0.1, 0.15) is 0 Å². The van der Waals surface area contributed by atoms with Crippen LogP contribution >= 0.6 is 12.6 Å². The second-order valence-corrected chi connectivity index (χ2v) is 4.95. The Morgan fingerprint density at radius 3 is 2.28 bits per heavy atom. The molecule has 0 aromatic heterocycles. The molecule has 1 amide bonds. The van der Waals surface area contributed by atoms with E-state index < -0.39 is 0 Å². The van der Waals surface area contributed by atoms with Crippen molar-refractivity contribution >= 4 is 24.2 Å². The van der Waals surface area contributed by atoms with Gasteiger partial charge in [-0.15, -0.1) is 0 Å². The van der Waals surface area contributed by atoms with E-state index >= 15 is 0 Å². The first kappa shape index (κ1) is 13.4. The van der Waals surface area contributed by atoms with Crippen LogP contribution in [0.15, 0.2) is 18.2 Å². The molecule has 1 heterocycles. The molecule has 5 heteroatoms. The Kier molecular flexibility index (Phi) is 4.27. The largest absolute Gasteiger partial charge is 0.392 e. The summed E-state index contributed by atoms with van der Waals surface area (Å²) >= 11 is 4.23. The zero-order valence-corrected chi connectivity index (χ0v) is 10.9. The Bertz CT molecular complexity index is 428. The molecule has 18 heavy (non-hydrogen) atoms. The Morgan fingerprint density at radius 2 is 1.83 bits per heavy atom. The molecule has 0 spiro atoms. The molecule has 1 aliphatic heterocycles. The maximum Gasteiger partial charge on any atom is 0.227 e. The zero-order valence-electron chi connectivity index (χ0n) is 10.0. The summed E-state index contributed by atoms with van der Waals surface area (Å²) in [5.41, 5.74) is 2.16. The Balaban J connectivity index is 2.30. The normalized spacial score (nSPS) is 19.6. The summed E-state index contributed by atoms with van der Waals surface area (Å²) in [6.45, 7) is 0.458. The van der Waals surface area contributed by atoms with Crippen molar-refractivity contribution < 1.29 is 15.0 Å². The lowest BCUT2D eigenvalue weighted by Crippen LogP contribution is -2.25. The van der Waals surface area contributed by atoms with Gasteiger partial charge in [0.15, 0.2) is 0 Å². The summed E-state index contributed by atoms with van der Waals surface area (Å²) in [6.07, 6.45) is 0.515. The number of nitrogens with zero attached hydrogens (tertiary/aromatic N) is 1. The van der Waals surface area contributed by atoms with Crippen molar-refractivity contribution in [3.8, 4) is 0 Å². The molecule has 1 aromatic rings. The summed E-state index contributed by atoms with van der Waals surface area (Å²) in [5.74, 6) is 1.04. The minimum absolute atomic E-state index is 0.0769. The van der Waals surface area contributed by atoms with Gasteiger partial charge < -0.3 is 15.1 Å². The molecule has 2 N–H and O–H groups in total. The van der Waals surface area contributed by atoms with Gasteiger partial charge in [0.05, 0.1) is 13.2 Å². The van der Waals surface area contributed by atoms with E-state index in [1.165, 1.54) is 0 Å². The highest BCUT2D eigenvalue weighted by molar-refractivity contribution is 7.80. The summed E-state index contributed by atoms with van der Waals surface area (Å²) in [5, 5.41) is 18.4. The lowest BCUT2D eigenvalue weighted by atomic mass is 10.1. The van der Waals surface area contributed by atoms with Crippen molar-refractivity contribution in [1.82, 2.24) is 0 Å². The summed E-state index contributed by atoms with van der Waals surface area (Å²) in [7, 11) is 0. The first-order valence-electron chi connectivity index (χ1n) is 5.93. The van der Waals surface area contributed by atoms with Crippen LogP contribution in [0, 0.1) is 5.92 Å². The van der Waals surface area contributed by atoms with E-state index in [1.54, 1.807) is 23.1 Å². The van der Waals surface area contributed by atoms with Crippen LogP contribution < -0.4 is 4.90 Å². The van der Waals surface area contributed by atoms with E-state index in [0.29, 0.717) is 29.8 Å². The van der Waals surface area contributed by atoms with Crippen molar-refractivity contribution in [2.24, 2.45) is 5.92 Å². The van der Waals surface area contributed by atoms with Crippen LogP contribution in [-0.4, -0.2) is 28.4 Å². The molecule has 2 rings (SSSR count). The lowest BCUT2D eigenvalue weighted by Gasteiger charge is -2.18. The van der Waals surface area contributed by atoms with Crippen LogP contribution in [0.25, 0.3) is 0 Å². The minimum Gasteiger partial charge on any atom is -0.392 e. The average Bonchev–Trinajstić information content (AvgIpc) is 2.79. The number of rotatable bonds is 4. The van der Waals surface area contributed by atoms with Crippen molar-refractivity contribution in [3.63, 3.8) is 0 Å². The van der Waals surface area contributed by atoms with Crippen LogP contribution in [0.3, 0.4) is 0 Å². The number of amides is 1. The van der Waals surface area contributed by atoms with Gasteiger partial charge in [0, 0.05) is 18.7 Å². The number of benzene rings is 1. The monoisotopic (exact) mass is 267 g/mol. The van der Waals surface area contributed by atoms with Gasteiger partial charge in [0.25, 0.3) is 0 Å². The van der Waals surface area contributed by atoms with Crippen LogP contribution in [0.4, 0.5) is 5.69 Å². The third-order valence-electron chi connectivity index (χ3n) is 3.18. The van der Waals surface area contributed by atoms with E-state index in [2.05, 4.69) is 12.6 Å². The van der Waals surface area contributed by atoms with E-state index in [9.17, 15) is 15.0 Å². The topological polar surface area (TPSA) is 60.8 Å². The van der Waals surface area contributed by atoms with Gasteiger partial charge in [0.2, 0.25) is 5.91 Å². The number of hydrogen-bond donors (Lipinski definition) is 3. The standard InChI is InChI=1S/C13H17NO3S/c15-6-9-1-10(7-16)3-12(2-9)14-5-11(8-18)4-13(14)17/h1-3,11,15-16,18H,4-8H2. The Morgan fingerprint density at radius 1 is 1.22 bits per heavy atom. The SMILES string of the molecule is O=C1CC(CS)CN1c1cc(CO)cc(CO)c1. The predicted octanol–water partition coefficient (Wildman–Crippen LogP) is 0.954. The molecule has 1 fully saturated rings. The number of thiol groups is 1. The molecule has 0 saturated carbocycles. The Hall–Kier alpha value is -1.04. The second-order valence-electron chi connectivity index (χ2n) is 4.58. The average molecular weight is 267 g/mol. The third kappa shape index (κ3) is 2.68. The molecule has 0 radical (unpaired) electrons. The smallest absolute Gasteiger partial charge is 0.227 e. The molecule has 1 atom stereocenters. The fourth-order valence-corrected chi connectivity index (χ4v) is 2.48. The highest BCUT2D eigenvalue weighted by Crippen LogP contribution is 2.27. The fourth-order valence-electron chi connectivity index (χ4n) is 2.23. The first-order valence-corrected chi connectivity index (χ1v) is 6.57. The van der Waals surface area contributed by atoms with Crippen LogP contribution in [0.1, 0.15) is 17.5 Å². The second kappa shape index (κ2) is 5.73. The minimum atomic E-state index is -0.0983. The molecule has 0 bridgehead atoms. The molecule has 98 valence electrons. The van der Waals surface area contributed by atoms with Gasteiger partial charge >= 0.3 is 0 Å². The van der Waals surface area contributed by atoms with E-state index in [1.807, 2.05) is 0 Å². The number of aliphatic hydroxyl groups is 2. The van der Waals surface area contributed by atoms with Gasteiger partial charge in [-0.3, -0.25) is 4.79 Å². The number of anilines is 1. The summed E-state index contributed by atoms with van der Waals surface area (Å²) in [4.78, 5) is 13.6. The van der Waals surface area contributed by atoms with Crippen LogP contribution in [0.5, 0.6) is 0 Å². The zero-order chi connectivity index (χ0) is 13.1. The molecule has 1 aliphatic rings. The number of carbonyl (C=O) groups is 1. The number of hydrogen-bond acceptors (Lipinski definition) is 4. The van der Waals surface area contributed by atoms with E-state index in [4.69, 9.17) is 0 Å². The van der Waals surface area contributed by atoms with Crippen LogP contribution in [0.2, 0.25) is 0 Å². The Labute approximate surface area is 112 Å². The first-order chi connectivity index (χ1) is 8.67. The van der Waals surface area contributed by atoms with Crippen molar-refractivity contribution in [2.75, 3.05) is 17.2 Å². The van der Waals surface area contributed by atoms with Crippen molar-refractivity contribution in [1.29, 1.82) is 0 Å². The van der Waals surface area contributed by atoms with E-state index in [-0.39, 0.29) is 25.0 Å². The molecule has 1 unspecified atom stereocenters. The van der Waals surface area contributed by atoms with Gasteiger partial charge in [-0.1, -0.05) is 6.07 Å². The maximum atomic E-state index is 11.9. The van der Waals surface area contributed by atoms with E-state index in [0.717, 1.165) is 5.69 Å². The fraction of sp³-hybridized carbons (Fsp3) is 0.462. The van der Waals surface area contributed by atoms with Gasteiger partial charge in [-0.05, 0) is 34.9 Å². The predicted molar refractivity (Wildman–Crippen MR) is 72.6 cm³/mol. The van der Waals surface area contributed by atoms with Crippen molar-refractivity contribution in [3.05, 3.63) is 29.3 Å². The quantitative estimate of drug-likeness (QED) is 0.712. The lowest BCUT2D eigenvalue weighted by molar-refractivity contribution is -0.117. The third-order valence-corrected chi connectivity index (χ3v) is 3.69. The molecule has 1 aromatic carbocycles. The highest BCUT2D eigenvalue weighted by Gasteiger charge is 2.29. The molecule has 1 saturated heterocycles. The highest BCUT2D eigenvalue weighted by atomic mass is 32.1. The summed E-state index contributed by atoms with van der Waals surface area (Å²) < 4.78 is 0. The molecule has 0 aliphatic carbocycles. The maximum absolute atomic E-state index is 11.9. The summed E-state index contributed by atoms with van der Waals surface area (Å²) in [6, 6.07) is 5.32. The molecular formula is C13H17NO3S. The molecular weight excluding hydrogens is 250 g/mol. The molecule has 4 nitrogen and oxygen atoms in total. The van der Waals surface area contributed by atoms with Gasteiger partial charge in [-0.2, -0.15) is 12.6 Å². The number of carbonyl (C=O) groups excluding carboxylic acids is 1. The van der Waals surface area contributed by atoms with Crippen molar-refractivity contribution in [2.45, 2.75) is 19.6 Å². The number of aliphatic hydroxyl groups excluding tert-OH is 2. The van der Waals surface area contributed by atoms with Crippen LogP contribution in [-0.2, 0) is 18.0 Å². The van der Waals surface area contributed by atoms with Gasteiger partial charge in [-0.25, -0.2) is 0 Å².